The van der Waals surface area contributed by atoms with Crippen molar-refractivity contribution in [2.75, 3.05) is 19.6 Å². The highest BCUT2D eigenvalue weighted by Gasteiger charge is 2.50. The Hall–Kier alpha value is -2.21. The topological polar surface area (TPSA) is 66.7 Å². The predicted octanol–water partition coefficient (Wildman–Crippen LogP) is 3.99. The Labute approximate surface area is 196 Å². The monoisotopic (exact) mass is 447 g/mol. The van der Waals surface area contributed by atoms with Crippen LogP contribution in [0.25, 0.3) is 5.65 Å². The maximum absolute atomic E-state index is 13.3. The van der Waals surface area contributed by atoms with E-state index in [0.29, 0.717) is 24.2 Å². The molecule has 1 N–H and O–H groups in total. The molecule has 2 aromatic heterocycles. The minimum absolute atomic E-state index is 0.00129. The number of likely N-dealkylation sites (tertiary alicyclic amines) is 1. The van der Waals surface area contributed by atoms with Gasteiger partial charge in [0.1, 0.15) is 11.3 Å². The molecule has 6 heteroatoms. The highest BCUT2D eigenvalue weighted by atomic mass is 16.2. The molecule has 1 radical (unpaired) electrons. The van der Waals surface area contributed by atoms with E-state index in [1.165, 1.54) is 38.5 Å². The lowest BCUT2D eigenvalue weighted by Crippen LogP contribution is -2.51. The Morgan fingerprint density at radius 1 is 1.18 bits per heavy atom. The SMILES string of the molecule is CC1([C]=O)CCCN(Cc2cn3c(C(=O)NCC45CC6CC(CC(C6)C4)C5)cccc3n2)C1. The molecule has 6 nitrogen and oxygen atoms in total. The summed E-state index contributed by atoms with van der Waals surface area (Å²) in [7, 11) is 0. The third kappa shape index (κ3) is 4.01. The minimum Gasteiger partial charge on any atom is -0.350 e. The molecule has 4 aliphatic carbocycles. The lowest BCUT2D eigenvalue weighted by molar-refractivity contribution is -0.0503. The number of rotatable bonds is 6. The Kier molecular flexibility index (Phi) is 5.13. The molecular formula is C27H35N4O2. The molecule has 1 atom stereocenters. The Balaban J connectivity index is 1.16. The van der Waals surface area contributed by atoms with Gasteiger partial charge in [-0.3, -0.25) is 18.9 Å². The molecule has 4 saturated carbocycles. The van der Waals surface area contributed by atoms with Gasteiger partial charge in [0.25, 0.3) is 5.91 Å². The Morgan fingerprint density at radius 3 is 2.61 bits per heavy atom. The summed E-state index contributed by atoms with van der Waals surface area (Å²) >= 11 is 0. The number of fused-ring (bicyclic) bond motifs is 1. The predicted molar refractivity (Wildman–Crippen MR) is 126 cm³/mol. The van der Waals surface area contributed by atoms with Crippen molar-refractivity contribution in [3.05, 3.63) is 35.8 Å². The van der Waals surface area contributed by atoms with Gasteiger partial charge in [0.15, 0.2) is 0 Å². The van der Waals surface area contributed by atoms with Crippen molar-refractivity contribution in [3.8, 4) is 0 Å². The van der Waals surface area contributed by atoms with Gasteiger partial charge in [-0.25, -0.2) is 4.98 Å². The standard InChI is InChI=1S/C27H35N4O2/c1-26(18-32)6-3-7-30(17-26)14-22-15-31-23(4-2-5-24(31)29-22)25(33)28-16-27-11-19-8-20(12-27)10-21(9-19)13-27/h2,4-5,15,19-21H,3,6-14,16-17H2,1H3,(H,28,33). The number of aromatic nitrogens is 2. The van der Waals surface area contributed by atoms with Gasteiger partial charge in [-0.15, -0.1) is 0 Å². The smallest absolute Gasteiger partial charge is 0.268 e. The van der Waals surface area contributed by atoms with Crippen LogP contribution in [0.1, 0.15) is 74.5 Å². The summed E-state index contributed by atoms with van der Waals surface area (Å²) in [5.74, 6) is 2.67. The molecule has 2 aromatic rings. The number of piperidine rings is 1. The van der Waals surface area contributed by atoms with Crippen LogP contribution in [-0.2, 0) is 11.3 Å². The third-order valence-electron chi connectivity index (χ3n) is 8.97. The Morgan fingerprint density at radius 2 is 1.91 bits per heavy atom. The maximum atomic E-state index is 13.3. The number of carbonyl (C=O) groups excluding carboxylic acids is 2. The lowest BCUT2D eigenvalue weighted by Gasteiger charge is -2.56. The third-order valence-corrected chi connectivity index (χ3v) is 8.97. The van der Waals surface area contributed by atoms with Crippen LogP contribution < -0.4 is 5.32 Å². The molecule has 33 heavy (non-hydrogen) atoms. The molecule has 0 aromatic carbocycles. The quantitative estimate of drug-likeness (QED) is 0.727. The summed E-state index contributed by atoms with van der Waals surface area (Å²) in [6.07, 6.45) is 14.3. The van der Waals surface area contributed by atoms with Gasteiger partial charge in [0, 0.05) is 31.2 Å². The number of amides is 1. The minimum atomic E-state index is -0.389. The summed E-state index contributed by atoms with van der Waals surface area (Å²) < 4.78 is 1.93. The average molecular weight is 448 g/mol. The highest BCUT2D eigenvalue weighted by molar-refractivity contribution is 5.93. The first-order valence-corrected chi connectivity index (χ1v) is 12.8. The number of hydrogen-bond donors (Lipinski definition) is 1. The normalized spacial score (nSPS) is 35.7. The van der Waals surface area contributed by atoms with Crippen LogP contribution in [0, 0.1) is 28.6 Å². The molecule has 1 unspecified atom stereocenters. The summed E-state index contributed by atoms with van der Waals surface area (Å²) in [6, 6.07) is 5.77. The first-order valence-electron chi connectivity index (χ1n) is 12.8. The van der Waals surface area contributed by atoms with E-state index >= 15 is 0 Å². The van der Waals surface area contributed by atoms with E-state index in [1.54, 1.807) is 0 Å². The number of nitrogens with one attached hydrogen (secondary N) is 1. The number of carbonyl (C=O) groups is 1. The number of hydrogen-bond acceptors (Lipinski definition) is 4. The van der Waals surface area contributed by atoms with Gasteiger partial charge in [-0.05, 0) is 93.2 Å². The molecule has 3 heterocycles. The largest absolute Gasteiger partial charge is 0.350 e. The average Bonchev–Trinajstić information content (AvgIpc) is 3.19. The van der Waals surface area contributed by atoms with E-state index in [4.69, 9.17) is 4.98 Å². The lowest BCUT2D eigenvalue weighted by atomic mass is 9.49. The molecule has 1 saturated heterocycles. The van der Waals surface area contributed by atoms with Gasteiger partial charge in [0.05, 0.1) is 5.69 Å². The molecule has 1 amide bonds. The number of nitrogens with zero attached hydrogens (tertiary/aromatic N) is 3. The van der Waals surface area contributed by atoms with Crippen molar-refractivity contribution in [2.24, 2.45) is 28.6 Å². The Bertz CT molecular complexity index is 1040. The van der Waals surface area contributed by atoms with Gasteiger partial charge >= 0.3 is 0 Å². The van der Waals surface area contributed by atoms with Crippen molar-refractivity contribution in [2.45, 2.75) is 64.8 Å². The van der Waals surface area contributed by atoms with Crippen molar-refractivity contribution >= 4 is 17.8 Å². The molecular weight excluding hydrogens is 412 g/mol. The van der Waals surface area contributed by atoms with Crippen LogP contribution in [-0.4, -0.2) is 46.1 Å². The van der Waals surface area contributed by atoms with E-state index in [1.807, 2.05) is 35.7 Å². The van der Waals surface area contributed by atoms with E-state index in [0.717, 1.165) is 55.0 Å². The van der Waals surface area contributed by atoms with Gasteiger partial charge in [-0.2, -0.15) is 0 Å². The van der Waals surface area contributed by atoms with Gasteiger partial charge in [-0.1, -0.05) is 13.0 Å². The van der Waals surface area contributed by atoms with Crippen molar-refractivity contribution < 1.29 is 9.59 Å². The molecule has 175 valence electrons. The number of pyridine rings is 1. The van der Waals surface area contributed by atoms with Gasteiger partial charge < -0.3 is 5.32 Å². The van der Waals surface area contributed by atoms with E-state index in [-0.39, 0.29) is 11.3 Å². The zero-order valence-electron chi connectivity index (χ0n) is 19.7. The van der Waals surface area contributed by atoms with E-state index < -0.39 is 0 Å². The second-order valence-electron chi connectivity index (χ2n) is 11.9. The van der Waals surface area contributed by atoms with Crippen LogP contribution in [0.15, 0.2) is 24.4 Å². The second-order valence-corrected chi connectivity index (χ2v) is 11.9. The first kappa shape index (κ1) is 21.3. The van der Waals surface area contributed by atoms with E-state index in [2.05, 4.69) is 16.5 Å². The van der Waals surface area contributed by atoms with Crippen LogP contribution in [0.2, 0.25) is 0 Å². The van der Waals surface area contributed by atoms with Crippen LogP contribution in [0.4, 0.5) is 0 Å². The van der Waals surface area contributed by atoms with Crippen LogP contribution in [0.3, 0.4) is 0 Å². The zero-order chi connectivity index (χ0) is 22.6. The second kappa shape index (κ2) is 7.93. The fraction of sp³-hybridized carbons (Fsp3) is 0.667. The van der Waals surface area contributed by atoms with Gasteiger partial charge in [0.2, 0.25) is 6.29 Å². The molecule has 0 spiro atoms. The van der Waals surface area contributed by atoms with Crippen molar-refractivity contribution in [1.29, 1.82) is 0 Å². The number of imidazole rings is 1. The van der Waals surface area contributed by atoms with Crippen LogP contribution >= 0.6 is 0 Å². The van der Waals surface area contributed by atoms with Crippen molar-refractivity contribution in [1.82, 2.24) is 19.6 Å². The summed E-state index contributed by atoms with van der Waals surface area (Å²) in [4.78, 5) is 31.7. The molecule has 5 fully saturated rings. The fourth-order valence-electron chi connectivity index (χ4n) is 7.98. The van der Waals surface area contributed by atoms with E-state index in [9.17, 15) is 9.59 Å². The molecule has 1 aliphatic heterocycles. The van der Waals surface area contributed by atoms with Crippen molar-refractivity contribution in [3.63, 3.8) is 0 Å². The molecule has 4 bridgehead atoms. The fourth-order valence-corrected chi connectivity index (χ4v) is 7.98. The summed E-state index contributed by atoms with van der Waals surface area (Å²) in [5.41, 5.74) is 2.33. The molecule has 7 rings (SSSR count). The highest BCUT2D eigenvalue weighted by Crippen LogP contribution is 2.59. The summed E-state index contributed by atoms with van der Waals surface area (Å²) in [6.45, 7) is 5.16. The maximum Gasteiger partial charge on any atom is 0.268 e. The van der Waals surface area contributed by atoms with Crippen LogP contribution in [0.5, 0.6) is 0 Å². The molecule has 5 aliphatic rings. The zero-order valence-corrected chi connectivity index (χ0v) is 19.7. The summed E-state index contributed by atoms with van der Waals surface area (Å²) in [5, 5.41) is 3.32. The first-order chi connectivity index (χ1) is 15.9.